The third kappa shape index (κ3) is 4.97. The summed E-state index contributed by atoms with van der Waals surface area (Å²) in [6, 6.07) is -2.15. The van der Waals surface area contributed by atoms with Crippen LogP contribution in [0.15, 0.2) is 0 Å². The van der Waals surface area contributed by atoms with Crippen LogP contribution >= 0.6 is 0 Å². The molecule has 7 heteroatoms. The van der Waals surface area contributed by atoms with Crippen molar-refractivity contribution in [2.75, 3.05) is 26.4 Å². The average molecular weight is 208 g/mol. The first-order valence-electron chi connectivity index (χ1n) is 4.18. The Balaban J connectivity index is 3.83. The van der Waals surface area contributed by atoms with Gasteiger partial charge in [-0.15, -0.1) is 0 Å². The molecule has 0 aliphatic rings. The topological polar surface area (TPSA) is 122 Å². The molecule has 0 aromatic carbocycles. The van der Waals surface area contributed by atoms with Crippen molar-refractivity contribution in [2.45, 2.75) is 12.1 Å². The van der Waals surface area contributed by atoms with E-state index in [1.54, 1.807) is 0 Å². The third-order valence-corrected chi connectivity index (χ3v) is 1.55. The number of hydrogen-bond acceptors (Lipinski definition) is 5. The van der Waals surface area contributed by atoms with Crippen LogP contribution < -0.4 is 10.6 Å². The van der Waals surface area contributed by atoms with Crippen molar-refractivity contribution >= 4 is 6.03 Å². The van der Waals surface area contributed by atoms with Crippen molar-refractivity contribution in [1.82, 2.24) is 10.6 Å². The van der Waals surface area contributed by atoms with Crippen LogP contribution in [0, 0.1) is 0 Å². The summed E-state index contributed by atoms with van der Waals surface area (Å²) >= 11 is 0. The van der Waals surface area contributed by atoms with Crippen LogP contribution in [-0.4, -0.2) is 65.0 Å². The van der Waals surface area contributed by atoms with Crippen molar-refractivity contribution in [3.8, 4) is 0 Å². The smallest absolute Gasteiger partial charge is 0.315 e. The predicted octanol–water partition coefficient (Wildman–Crippen LogP) is -3.01. The standard InChI is InChI=1S/C7H16N2O5/c10-1-5(2-11)8-7(14)9-6(3-12)4-13/h5-6,10-13H,1-4H2,(H2,8,9,14). The van der Waals surface area contributed by atoms with Crippen LogP contribution in [0.25, 0.3) is 0 Å². The van der Waals surface area contributed by atoms with E-state index in [2.05, 4.69) is 10.6 Å². The van der Waals surface area contributed by atoms with Gasteiger partial charge in [0.1, 0.15) is 0 Å². The van der Waals surface area contributed by atoms with Crippen molar-refractivity contribution in [1.29, 1.82) is 0 Å². The van der Waals surface area contributed by atoms with Crippen LogP contribution in [0.1, 0.15) is 0 Å². The summed E-state index contributed by atoms with van der Waals surface area (Å²) in [6.45, 7) is -1.53. The van der Waals surface area contributed by atoms with Gasteiger partial charge in [-0.25, -0.2) is 4.79 Å². The zero-order valence-corrected chi connectivity index (χ0v) is 7.68. The Kier molecular flexibility index (Phi) is 7.03. The molecule has 84 valence electrons. The van der Waals surface area contributed by atoms with Crippen LogP contribution in [-0.2, 0) is 0 Å². The summed E-state index contributed by atoms with van der Waals surface area (Å²) < 4.78 is 0. The van der Waals surface area contributed by atoms with Crippen molar-refractivity contribution in [2.24, 2.45) is 0 Å². The summed E-state index contributed by atoms with van der Waals surface area (Å²) in [6.07, 6.45) is 0. The molecule has 6 N–H and O–H groups in total. The fraction of sp³-hybridized carbons (Fsp3) is 0.857. The Morgan fingerprint density at radius 3 is 1.36 bits per heavy atom. The number of nitrogens with one attached hydrogen (secondary N) is 2. The Bertz CT molecular complexity index is 142. The predicted molar refractivity (Wildman–Crippen MR) is 47.6 cm³/mol. The average Bonchev–Trinajstić information content (AvgIpc) is 2.22. The quantitative estimate of drug-likeness (QED) is 0.277. The van der Waals surface area contributed by atoms with Gasteiger partial charge in [0.25, 0.3) is 0 Å². The van der Waals surface area contributed by atoms with Crippen molar-refractivity contribution in [3.63, 3.8) is 0 Å². The molecule has 0 aromatic heterocycles. The fourth-order valence-corrected chi connectivity index (χ4v) is 0.711. The molecular weight excluding hydrogens is 192 g/mol. The maximum atomic E-state index is 11.0. The Labute approximate surface area is 81.4 Å². The van der Waals surface area contributed by atoms with Gasteiger partial charge < -0.3 is 31.1 Å². The highest BCUT2D eigenvalue weighted by molar-refractivity contribution is 5.74. The lowest BCUT2D eigenvalue weighted by atomic mass is 10.3. The minimum Gasteiger partial charge on any atom is -0.394 e. The molecule has 0 rings (SSSR count). The van der Waals surface area contributed by atoms with Crippen molar-refractivity contribution < 1.29 is 25.2 Å². The summed E-state index contributed by atoms with van der Waals surface area (Å²) in [5.41, 5.74) is 0. The SMILES string of the molecule is O=C(NC(CO)CO)NC(CO)CO. The van der Waals surface area contributed by atoms with Gasteiger partial charge in [0.05, 0.1) is 38.5 Å². The lowest BCUT2D eigenvalue weighted by Gasteiger charge is -2.17. The summed E-state index contributed by atoms with van der Waals surface area (Å²) in [5, 5.41) is 39.0. The molecule has 0 atom stereocenters. The lowest BCUT2D eigenvalue weighted by Crippen LogP contribution is -2.50. The molecule has 0 saturated carbocycles. The fourth-order valence-electron chi connectivity index (χ4n) is 0.711. The minimum atomic E-state index is -0.743. The largest absolute Gasteiger partial charge is 0.394 e. The Morgan fingerprint density at radius 2 is 1.14 bits per heavy atom. The van der Waals surface area contributed by atoms with E-state index in [0.717, 1.165) is 0 Å². The maximum Gasteiger partial charge on any atom is 0.315 e. The first-order chi connectivity index (χ1) is 6.67. The monoisotopic (exact) mass is 208 g/mol. The normalized spacial score (nSPS) is 10.7. The van der Waals surface area contributed by atoms with Gasteiger partial charge in [-0.3, -0.25) is 0 Å². The molecule has 0 radical (unpaired) electrons. The second-order valence-electron chi connectivity index (χ2n) is 2.74. The van der Waals surface area contributed by atoms with Crippen LogP contribution in [0.3, 0.4) is 0 Å². The second-order valence-corrected chi connectivity index (χ2v) is 2.74. The number of aliphatic hydroxyl groups excluding tert-OH is 4. The van der Waals surface area contributed by atoms with E-state index in [1.807, 2.05) is 0 Å². The third-order valence-electron chi connectivity index (χ3n) is 1.55. The number of carbonyl (C=O) groups excluding carboxylic acids is 1. The van der Waals surface area contributed by atoms with Gasteiger partial charge in [0, 0.05) is 0 Å². The van der Waals surface area contributed by atoms with Gasteiger partial charge in [0.15, 0.2) is 0 Å². The van der Waals surface area contributed by atoms with Crippen LogP contribution in [0.4, 0.5) is 4.79 Å². The molecular formula is C7H16N2O5. The molecule has 2 amide bonds. The van der Waals surface area contributed by atoms with E-state index in [9.17, 15) is 4.79 Å². The highest BCUT2D eigenvalue weighted by Gasteiger charge is 2.13. The minimum absolute atomic E-state index is 0.382. The van der Waals surface area contributed by atoms with E-state index in [-0.39, 0.29) is 26.4 Å². The first kappa shape index (κ1) is 13.1. The zero-order chi connectivity index (χ0) is 11.0. The Morgan fingerprint density at radius 1 is 0.857 bits per heavy atom. The van der Waals surface area contributed by atoms with Gasteiger partial charge >= 0.3 is 6.03 Å². The summed E-state index contributed by atoms with van der Waals surface area (Å²) in [5.74, 6) is 0. The molecule has 0 bridgehead atoms. The van der Waals surface area contributed by atoms with E-state index in [1.165, 1.54) is 0 Å². The van der Waals surface area contributed by atoms with E-state index < -0.39 is 18.1 Å². The number of carbonyl (C=O) groups is 1. The maximum absolute atomic E-state index is 11.0. The van der Waals surface area contributed by atoms with Crippen LogP contribution in [0.2, 0.25) is 0 Å². The lowest BCUT2D eigenvalue weighted by molar-refractivity contribution is 0.153. The molecule has 7 nitrogen and oxygen atoms in total. The summed E-state index contributed by atoms with van der Waals surface area (Å²) in [4.78, 5) is 11.0. The molecule has 0 spiro atoms. The molecule has 0 unspecified atom stereocenters. The highest BCUT2D eigenvalue weighted by atomic mass is 16.3. The number of hydrogen-bond donors (Lipinski definition) is 6. The molecule has 0 heterocycles. The molecule has 14 heavy (non-hydrogen) atoms. The number of amides is 2. The number of urea groups is 1. The first-order valence-corrected chi connectivity index (χ1v) is 4.18. The summed E-state index contributed by atoms with van der Waals surface area (Å²) in [7, 11) is 0. The van der Waals surface area contributed by atoms with Crippen LogP contribution in [0.5, 0.6) is 0 Å². The second kappa shape index (κ2) is 7.51. The van der Waals surface area contributed by atoms with Gasteiger partial charge in [-0.05, 0) is 0 Å². The zero-order valence-electron chi connectivity index (χ0n) is 7.68. The number of rotatable bonds is 6. The highest BCUT2D eigenvalue weighted by Crippen LogP contribution is 1.83. The molecule has 0 aliphatic heterocycles. The van der Waals surface area contributed by atoms with E-state index in [4.69, 9.17) is 20.4 Å². The van der Waals surface area contributed by atoms with Crippen molar-refractivity contribution in [3.05, 3.63) is 0 Å². The molecule has 0 saturated heterocycles. The van der Waals surface area contributed by atoms with E-state index >= 15 is 0 Å². The number of aliphatic hydroxyl groups is 4. The molecule has 0 fully saturated rings. The van der Waals surface area contributed by atoms with Gasteiger partial charge in [-0.1, -0.05) is 0 Å². The Hall–Kier alpha value is -0.890. The van der Waals surface area contributed by atoms with Gasteiger partial charge in [-0.2, -0.15) is 0 Å². The van der Waals surface area contributed by atoms with Gasteiger partial charge in [0.2, 0.25) is 0 Å². The molecule has 0 aliphatic carbocycles. The van der Waals surface area contributed by atoms with E-state index in [0.29, 0.717) is 0 Å². The molecule has 0 aromatic rings.